The Kier molecular flexibility index (Phi) is 35.2. The van der Waals surface area contributed by atoms with Crippen LogP contribution in [-0.4, -0.2) is 0 Å². The minimum absolute atomic E-state index is 0. The van der Waals surface area contributed by atoms with E-state index >= 15 is 0 Å². The van der Waals surface area contributed by atoms with Crippen molar-refractivity contribution in [3.8, 4) is 0 Å². The molecule has 0 nitrogen and oxygen atoms in total. The molecular formula is C5H10Li2. The second-order valence-electron chi connectivity index (χ2n) is 1.05. The predicted octanol–water partition coefficient (Wildman–Crippen LogP) is -4.17. The fourth-order valence-electron chi connectivity index (χ4n) is 0.204. The van der Waals surface area contributed by atoms with E-state index in [1.807, 2.05) is 6.92 Å². The summed E-state index contributed by atoms with van der Waals surface area (Å²) in [7, 11) is 0. The third-order valence-corrected chi connectivity index (χ3v) is 0.493. The van der Waals surface area contributed by atoms with Gasteiger partial charge in [-0.25, -0.2) is 12.8 Å². The van der Waals surface area contributed by atoms with Crippen LogP contribution in [0.15, 0.2) is 0 Å². The number of hydrogen-bond donors (Lipinski definition) is 0. The molecule has 0 spiro atoms. The third kappa shape index (κ3) is 19.0. The maximum absolute atomic E-state index is 3.64. The van der Waals surface area contributed by atoms with Crippen molar-refractivity contribution in [3.63, 3.8) is 0 Å². The molecule has 0 fully saturated rings. The van der Waals surface area contributed by atoms with Gasteiger partial charge >= 0.3 is 37.7 Å². The summed E-state index contributed by atoms with van der Waals surface area (Å²) in [6.45, 7) is 5.69. The summed E-state index contributed by atoms with van der Waals surface area (Å²) < 4.78 is 0. The molecule has 0 aromatic carbocycles. The van der Waals surface area contributed by atoms with Crippen LogP contribution < -0.4 is 37.7 Å². The van der Waals surface area contributed by atoms with E-state index in [1.165, 1.54) is 0 Å². The average Bonchev–Trinajstić information content (AvgIpc) is 1.41. The first kappa shape index (κ1) is 15.7. The standard InChI is InChI=1S/C5H10.2Li/c1-3-5-4-2;;/h4H,1,3,5H2,2H3;;/q-2;2*+1. The Morgan fingerprint density at radius 3 is 1.86 bits per heavy atom. The molecule has 0 atom stereocenters. The molecule has 0 rings (SSSR count). The van der Waals surface area contributed by atoms with Crippen molar-refractivity contribution in [2.24, 2.45) is 0 Å². The molecule has 0 saturated heterocycles. The number of hydrogen-bond acceptors (Lipinski definition) is 0. The summed E-state index contributed by atoms with van der Waals surface area (Å²) in [5, 5.41) is 0. The molecule has 0 aliphatic heterocycles. The van der Waals surface area contributed by atoms with Crippen molar-refractivity contribution >= 4 is 0 Å². The molecule has 0 aliphatic rings. The van der Waals surface area contributed by atoms with E-state index < -0.39 is 0 Å². The van der Waals surface area contributed by atoms with Gasteiger partial charge in [0.15, 0.2) is 0 Å². The van der Waals surface area contributed by atoms with Crippen LogP contribution in [0.1, 0.15) is 19.8 Å². The summed E-state index contributed by atoms with van der Waals surface area (Å²) in [6, 6.07) is 0. The molecule has 0 aromatic heterocycles. The summed E-state index contributed by atoms with van der Waals surface area (Å²) in [4.78, 5) is 0. The molecule has 7 heavy (non-hydrogen) atoms. The molecule has 0 heterocycles. The van der Waals surface area contributed by atoms with Gasteiger partial charge < -0.3 is 13.3 Å². The molecule has 0 amide bonds. The van der Waals surface area contributed by atoms with Crippen LogP contribution in [0.3, 0.4) is 0 Å². The van der Waals surface area contributed by atoms with Crippen molar-refractivity contribution in [2.75, 3.05) is 0 Å². The zero-order chi connectivity index (χ0) is 4.12. The monoisotopic (exact) mass is 84.1 g/mol. The Bertz CT molecular complexity index is 13.6. The molecule has 0 radical (unpaired) electrons. The van der Waals surface area contributed by atoms with Gasteiger partial charge in [0.25, 0.3) is 0 Å². The Morgan fingerprint density at radius 1 is 1.43 bits per heavy atom. The molecular weight excluding hydrogens is 73.9 g/mol. The zero-order valence-corrected chi connectivity index (χ0v) is 5.70. The summed E-state index contributed by atoms with van der Waals surface area (Å²) in [5.41, 5.74) is 0. The fraction of sp³-hybridized carbons (Fsp3) is 0.600. The van der Waals surface area contributed by atoms with E-state index in [0.29, 0.717) is 0 Å². The zero-order valence-electron chi connectivity index (χ0n) is 5.70. The SMILES string of the molecule is [CH2-]CC[CH-]C.[Li+].[Li+]. The van der Waals surface area contributed by atoms with Gasteiger partial charge in [-0.3, -0.25) is 0 Å². The molecule has 0 bridgehead atoms. The van der Waals surface area contributed by atoms with E-state index in [4.69, 9.17) is 0 Å². The van der Waals surface area contributed by atoms with E-state index in [9.17, 15) is 0 Å². The van der Waals surface area contributed by atoms with E-state index in [2.05, 4.69) is 13.3 Å². The first-order valence-electron chi connectivity index (χ1n) is 1.99. The molecule has 0 aromatic rings. The number of rotatable bonds is 2. The Morgan fingerprint density at radius 2 is 1.86 bits per heavy atom. The van der Waals surface area contributed by atoms with Crippen LogP contribution >= 0.6 is 0 Å². The van der Waals surface area contributed by atoms with Gasteiger partial charge in [-0.2, -0.15) is 6.92 Å². The van der Waals surface area contributed by atoms with Crippen LogP contribution in [0.2, 0.25) is 0 Å². The van der Waals surface area contributed by atoms with Crippen LogP contribution in [0.4, 0.5) is 0 Å². The van der Waals surface area contributed by atoms with Gasteiger partial charge in [-0.05, 0) is 0 Å². The topological polar surface area (TPSA) is 0 Å². The van der Waals surface area contributed by atoms with Gasteiger partial charge in [0.2, 0.25) is 0 Å². The predicted molar refractivity (Wildman–Crippen MR) is 24.6 cm³/mol. The Labute approximate surface area is 70.8 Å². The van der Waals surface area contributed by atoms with Gasteiger partial charge in [0.05, 0.1) is 0 Å². The fourth-order valence-corrected chi connectivity index (χ4v) is 0.204. The Hall–Kier alpha value is 1.19. The maximum atomic E-state index is 3.64. The molecule has 0 aliphatic carbocycles. The summed E-state index contributed by atoms with van der Waals surface area (Å²) in [6.07, 6.45) is 4.31. The minimum Gasteiger partial charge on any atom is -0.346 e. The second-order valence-corrected chi connectivity index (χ2v) is 1.05. The number of unbranched alkanes of at least 4 members (excludes halogenated alkanes) is 2. The van der Waals surface area contributed by atoms with Gasteiger partial charge in [-0.1, -0.05) is 0 Å². The van der Waals surface area contributed by atoms with Crippen LogP contribution in [0.25, 0.3) is 0 Å². The van der Waals surface area contributed by atoms with Crippen LogP contribution in [0, 0.1) is 13.3 Å². The quantitative estimate of drug-likeness (QED) is 0.235. The smallest absolute Gasteiger partial charge is 0.346 e. The molecule has 0 unspecified atom stereocenters. The first-order chi connectivity index (χ1) is 2.41. The largest absolute Gasteiger partial charge is 1.00 e. The van der Waals surface area contributed by atoms with Gasteiger partial charge in [0, 0.05) is 0 Å². The van der Waals surface area contributed by atoms with E-state index in [1.54, 1.807) is 0 Å². The average molecular weight is 84.0 g/mol. The van der Waals surface area contributed by atoms with Gasteiger partial charge in [0.1, 0.15) is 0 Å². The normalized spacial score (nSPS) is 6.00. The van der Waals surface area contributed by atoms with Crippen molar-refractivity contribution in [3.05, 3.63) is 13.3 Å². The third-order valence-electron chi connectivity index (χ3n) is 0.493. The van der Waals surface area contributed by atoms with Crippen LogP contribution in [0.5, 0.6) is 0 Å². The molecule has 2 heteroatoms. The first-order valence-corrected chi connectivity index (χ1v) is 1.99. The second kappa shape index (κ2) is 15.7. The van der Waals surface area contributed by atoms with Crippen LogP contribution in [-0.2, 0) is 0 Å². The maximum Gasteiger partial charge on any atom is 1.00 e. The Balaban J connectivity index is -0.0000000800. The summed E-state index contributed by atoms with van der Waals surface area (Å²) in [5.74, 6) is 0. The molecule has 32 valence electrons. The van der Waals surface area contributed by atoms with Crippen molar-refractivity contribution in [1.82, 2.24) is 0 Å². The van der Waals surface area contributed by atoms with E-state index in [-0.39, 0.29) is 37.7 Å². The molecule has 0 saturated carbocycles. The van der Waals surface area contributed by atoms with E-state index in [0.717, 1.165) is 12.8 Å². The summed E-state index contributed by atoms with van der Waals surface area (Å²) >= 11 is 0. The minimum atomic E-state index is 0. The van der Waals surface area contributed by atoms with Crippen molar-refractivity contribution < 1.29 is 37.7 Å². The van der Waals surface area contributed by atoms with Gasteiger partial charge in [-0.15, -0.1) is 0 Å². The molecule has 0 N–H and O–H groups in total. The van der Waals surface area contributed by atoms with Crippen molar-refractivity contribution in [2.45, 2.75) is 19.8 Å². The van der Waals surface area contributed by atoms with Crippen molar-refractivity contribution in [1.29, 1.82) is 0 Å².